The summed E-state index contributed by atoms with van der Waals surface area (Å²) in [5.41, 5.74) is 0. The van der Waals surface area contributed by atoms with Gasteiger partial charge in [-0.05, 0) is 0 Å². The summed E-state index contributed by atoms with van der Waals surface area (Å²) in [6.07, 6.45) is 0. The van der Waals surface area contributed by atoms with Gasteiger partial charge in [0.2, 0.25) is 0 Å². The van der Waals surface area contributed by atoms with Crippen molar-refractivity contribution in [1.82, 2.24) is 0 Å². The number of rotatable bonds is 4. The third kappa shape index (κ3) is 3.48. The third-order valence-electron chi connectivity index (χ3n) is 2.68. The van der Waals surface area contributed by atoms with Gasteiger partial charge in [-0.25, -0.2) is 0 Å². The van der Waals surface area contributed by atoms with Crippen LogP contribution in [0.4, 0.5) is 0 Å². The Morgan fingerprint density at radius 1 is 0.700 bits per heavy atom. The van der Waals surface area contributed by atoms with Gasteiger partial charge < -0.3 is 12.4 Å². The van der Waals surface area contributed by atoms with E-state index in [0.717, 1.165) is 0 Å². The van der Waals surface area contributed by atoms with Crippen LogP contribution in [0.3, 0.4) is 0 Å². The van der Waals surface area contributed by atoms with Crippen LogP contribution in [0.25, 0.3) is 0 Å². The fourth-order valence-corrected chi connectivity index (χ4v) is 9.00. The Bertz CT molecular complexity index is 52.1. The molecule has 0 heterocycles. The molecule has 0 spiro atoms. The van der Waals surface area contributed by atoms with E-state index in [1.54, 1.807) is 17.5 Å². The first-order chi connectivity index (χ1) is 4.24. The summed E-state index contributed by atoms with van der Waals surface area (Å²) in [6, 6.07) is 0. The zero-order valence-corrected chi connectivity index (χ0v) is 11.0. The monoisotopic (exact) mass is 272 g/mol. The van der Waals surface area contributed by atoms with Gasteiger partial charge in [0.1, 0.15) is 0 Å². The molecule has 0 atom stereocenters. The summed E-state index contributed by atoms with van der Waals surface area (Å²) in [5, 5.41) is 0. The van der Waals surface area contributed by atoms with E-state index in [1.807, 2.05) is 0 Å². The molecule has 0 fully saturated rings. The van der Waals surface area contributed by atoms with Crippen LogP contribution in [0.5, 0.6) is 0 Å². The molecule has 0 rings (SSSR count). The Kier molecular flexibility index (Phi) is 9.30. The molecule has 0 aliphatic carbocycles. The predicted octanol–water partition coefficient (Wildman–Crippen LogP) is 0.519. The Morgan fingerprint density at radius 2 is 0.900 bits per heavy atom. The molecule has 0 aromatic rings. The molecule has 0 bridgehead atoms. The first-order valence-electron chi connectivity index (χ1n) is 4.09. The quantitative estimate of drug-likeness (QED) is 0.655. The molecule has 0 nitrogen and oxygen atoms in total. The van der Waals surface area contributed by atoms with Gasteiger partial charge in [0.15, 0.2) is 0 Å². The average molecular weight is 273 g/mol. The van der Waals surface area contributed by atoms with Gasteiger partial charge in [0, 0.05) is 0 Å². The Balaban J connectivity index is 0. The maximum Gasteiger partial charge on any atom is -1.00 e. The minimum Gasteiger partial charge on any atom is -1.00 e. The SMILES string of the molecule is C[CH2][Sb+]([CH2]C)([CH2]C)[CH2]C.[Cl-]. The van der Waals surface area contributed by atoms with E-state index >= 15 is 0 Å². The summed E-state index contributed by atoms with van der Waals surface area (Å²) >= 11 is -1.29. The van der Waals surface area contributed by atoms with E-state index in [9.17, 15) is 0 Å². The van der Waals surface area contributed by atoms with Crippen molar-refractivity contribution in [1.29, 1.82) is 0 Å². The third-order valence-corrected chi connectivity index (χ3v) is 18.0. The molecule has 0 saturated carbocycles. The molecule has 0 aromatic carbocycles. The van der Waals surface area contributed by atoms with Gasteiger partial charge in [0.25, 0.3) is 0 Å². The largest absolute Gasteiger partial charge is 1.00 e. The first kappa shape index (κ1) is 13.7. The minimum atomic E-state index is -1.29. The number of halogens is 1. The second-order valence-electron chi connectivity index (χ2n) is 2.61. The molecule has 0 aliphatic heterocycles. The molecule has 10 heavy (non-hydrogen) atoms. The van der Waals surface area contributed by atoms with E-state index in [4.69, 9.17) is 0 Å². The van der Waals surface area contributed by atoms with E-state index in [-0.39, 0.29) is 12.4 Å². The minimum absolute atomic E-state index is 0. The van der Waals surface area contributed by atoms with Crippen molar-refractivity contribution in [2.45, 2.75) is 45.2 Å². The van der Waals surface area contributed by atoms with Crippen LogP contribution in [0.2, 0.25) is 17.5 Å². The van der Waals surface area contributed by atoms with Crippen LogP contribution >= 0.6 is 0 Å². The van der Waals surface area contributed by atoms with Crippen LogP contribution in [-0.2, 0) is 0 Å². The fraction of sp³-hybridized carbons (Fsp3) is 1.00. The molecule has 0 aromatic heterocycles. The maximum atomic E-state index is 2.39. The van der Waals surface area contributed by atoms with Crippen molar-refractivity contribution < 1.29 is 12.4 Å². The molecular weight excluding hydrogens is 253 g/mol. The van der Waals surface area contributed by atoms with Crippen LogP contribution in [0, 0.1) is 0 Å². The molecule has 0 N–H and O–H groups in total. The van der Waals surface area contributed by atoms with Gasteiger partial charge in [-0.15, -0.1) is 0 Å². The Morgan fingerprint density at radius 3 is 0.900 bits per heavy atom. The van der Waals surface area contributed by atoms with Crippen LogP contribution in [-0.4, -0.2) is 18.8 Å². The van der Waals surface area contributed by atoms with Crippen molar-refractivity contribution in [2.75, 3.05) is 0 Å². The van der Waals surface area contributed by atoms with Crippen molar-refractivity contribution in [2.24, 2.45) is 0 Å². The van der Waals surface area contributed by atoms with Gasteiger partial charge in [-0.3, -0.25) is 0 Å². The average Bonchev–Trinajstić information content (AvgIpc) is 1.95. The molecule has 64 valence electrons. The molecule has 0 aliphatic rings. The summed E-state index contributed by atoms with van der Waals surface area (Å²) < 4.78 is 6.18. The Hall–Kier alpha value is 1.11. The second-order valence-corrected chi connectivity index (χ2v) is 17.5. The second kappa shape index (κ2) is 6.80. The standard InChI is InChI=1S/4C2H5.ClH.Sb/c4*1-2;;/h4*1H2,2H3;1H;/q;;;;;+1/p-1. The molecule has 0 radical (unpaired) electrons. The van der Waals surface area contributed by atoms with Crippen molar-refractivity contribution in [3.8, 4) is 0 Å². The van der Waals surface area contributed by atoms with Crippen LogP contribution in [0.15, 0.2) is 0 Å². The van der Waals surface area contributed by atoms with Crippen LogP contribution in [0.1, 0.15) is 27.7 Å². The van der Waals surface area contributed by atoms with Crippen molar-refractivity contribution in [3.05, 3.63) is 0 Å². The summed E-state index contributed by atoms with van der Waals surface area (Å²) in [4.78, 5) is 0. The smallest absolute Gasteiger partial charge is 1.00 e. The molecule has 0 saturated heterocycles. The summed E-state index contributed by atoms with van der Waals surface area (Å²) in [7, 11) is 0. The summed E-state index contributed by atoms with van der Waals surface area (Å²) in [5.74, 6) is 0. The van der Waals surface area contributed by atoms with E-state index in [2.05, 4.69) is 27.7 Å². The van der Waals surface area contributed by atoms with Gasteiger partial charge in [0.05, 0.1) is 0 Å². The number of hydrogen-bond acceptors (Lipinski definition) is 0. The first-order valence-corrected chi connectivity index (χ1v) is 11.3. The fourth-order valence-electron chi connectivity index (χ4n) is 1.34. The van der Waals surface area contributed by atoms with E-state index in [1.165, 1.54) is 0 Å². The topological polar surface area (TPSA) is 0 Å². The normalized spacial score (nSPS) is 10.8. The van der Waals surface area contributed by atoms with Gasteiger partial charge in [-0.2, -0.15) is 0 Å². The van der Waals surface area contributed by atoms with Gasteiger partial charge >= 0.3 is 64.0 Å². The predicted molar refractivity (Wildman–Crippen MR) is 47.7 cm³/mol. The zero-order chi connectivity index (χ0) is 7.33. The zero-order valence-electron chi connectivity index (χ0n) is 7.65. The van der Waals surface area contributed by atoms with E-state index in [0.29, 0.717) is 0 Å². The van der Waals surface area contributed by atoms with E-state index < -0.39 is 18.8 Å². The van der Waals surface area contributed by atoms with Crippen molar-refractivity contribution in [3.63, 3.8) is 0 Å². The molecular formula is C8H20ClSb. The maximum absolute atomic E-state index is 2.39. The Labute approximate surface area is 76.2 Å². The molecule has 0 amide bonds. The van der Waals surface area contributed by atoms with Gasteiger partial charge in [-0.1, -0.05) is 0 Å². The summed E-state index contributed by atoms with van der Waals surface area (Å²) in [6.45, 7) is 9.56. The van der Waals surface area contributed by atoms with Crippen molar-refractivity contribution >= 4 is 18.8 Å². The number of hydrogen-bond donors (Lipinski definition) is 0. The van der Waals surface area contributed by atoms with Crippen LogP contribution < -0.4 is 12.4 Å². The molecule has 0 unspecified atom stereocenters. The molecule has 2 heteroatoms.